The van der Waals surface area contributed by atoms with Gasteiger partial charge >= 0.3 is 5.97 Å². The number of hydrogen-bond donors (Lipinski definition) is 1. The van der Waals surface area contributed by atoms with Crippen LogP contribution in [0.1, 0.15) is 19.4 Å². The minimum absolute atomic E-state index is 0.0683. The highest BCUT2D eigenvalue weighted by Crippen LogP contribution is 2.16. The molecule has 0 aliphatic carbocycles. The Hall–Kier alpha value is -1.06. The van der Waals surface area contributed by atoms with Crippen LogP contribution in [0.3, 0.4) is 0 Å². The molecule has 0 unspecified atom stereocenters. The van der Waals surface area contributed by atoms with Crippen molar-refractivity contribution in [3.63, 3.8) is 0 Å². The quantitative estimate of drug-likeness (QED) is 0.824. The molecule has 0 saturated carbocycles. The summed E-state index contributed by atoms with van der Waals surface area (Å²) in [5, 5.41) is 0.591. The van der Waals surface area contributed by atoms with Gasteiger partial charge in [0.15, 0.2) is 0 Å². The highest BCUT2D eigenvalue weighted by molar-refractivity contribution is 6.31. The fraction of sp³-hybridized carbons (Fsp3) is 0.417. The van der Waals surface area contributed by atoms with Gasteiger partial charge in [-0.3, -0.25) is 4.79 Å². The van der Waals surface area contributed by atoms with E-state index in [1.54, 1.807) is 6.07 Å². The molecule has 0 bridgehead atoms. The third-order valence-electron chi connectivity index (χ3n) is 2.32. The fourth-order valence-corrected chi connectivity index (χ4v) is 1.32. The van der Waals surface area contributed by atoms with E-state index in [1.165, 1.54) is 0 Å². The van der Waals surface area contributed by atoms with Crippen molar-refractivity contribution >= 4 is 17.6 Å². The molecule has 0 saturated heterocycles. The van der Waals surface area contributed by atoms with Crippen LogP contribution in [-0.2, 0) is 16.1 Å². The number of hydrogen-bond acceptors (Lipinski definition) is 3. The molecule has 0 fully saturated rings. The lowest BCUT2D eigenvalue weighted by Gasteiger charge is -2.14. The predicted molar refractivity (Wildman–Crippen MR) is 64.1 cm³/mol. The number of ether oxygens (including phenoxy) is 1. The van der Waals surface area contributed by atoms with Crippen molar-refractivity contribution in [2.45, 2.75) is 26.5 Å². The Morgan fingerprint density at radius 1 is 1.44 bits per heavy atom. The minimum Gasteiger partial charge on any atom is -0.460 e. The smallest absolute Gasteiger partial charge is 0.323 e. The number of esters is 1. The number of carbonyl (C=O) groups excluding carboxylic acids is 1. The van der Waals surface area contributed by atoms with E-state index in [1.807, 2.05) is 32.0 Å². The van der Waals surface area contributed by atoms with Gasteiger partial charge in [-0.15, -0.1) is 0 Å². The molecule has 0 spiro atoms. The van der Waals surface area contributed by atoms with E-state index in [-0.39, 0.29) is 12.5 Å². The maximum atomic E-state index is 11.5. The van der Waals surface area contributed by atoms with Crippen molar-refractivity contribution in [3.05, 3.63) is 34.9 Å². The molecule has 0 aliphatic heterocycles. The predicted octanol–water partition coefficient (Wildman–Crippen LogP) is 2.37. The first-order chi connectivity index (χ1) is 7.52. The molecule has 16 heavy (non-hydrogen) atoms. The summed E-state index contributed by atoms with van der Waals surface area (Å²) in [4.78, 5) is 11.5. The Labute approximate surface area is 101 Å². The lowest BCUT2D eigenvalue weighted by atomic mass is 10.1. The molecular formula is C12H16ClNO2. The summed E-state index contributed by atoms with van der Waals surface area (Å²) < 4.78 is 5.08. The summed E-state index contributed by atoms with van der Waals surface area (Å²) in [5.41, 5.74) is 6.44. The summed E-state index contributed by atoms with van der Waals surface area (Å²) in [6.45, 7) is 3.92. The van der Waals surface area contributed by atoms with Crippen LogP contribution >= 0.6 is 11.6 Å². The Morgan fingerprint density at radius 3 is 2.62 bits per heavy atom. The van der Waals surface area contributed by atoms with Crippen LogP contribution in [0.25, 0.3) is 0 Å². The van der Waals surface area contributed by atoms with Crippen LogP contribution in [0.4, 0.5) is 0 Å². The molecule has 3 nitrogen and oxygen atoms in total. The van der Waals surface area contributed by atoms with Gasteiger partial charge in [0.2, 0.25) is 0 Å². The highest BCUT2D eigenvalue weighted by Gasteiger charge is 2.18. The van der Waals surface area contributed by atoms with E-state index in [0.29, 0.717) is 5.02 Å². The van der Waals surface area contributed by atoms with Crippen molar-refractivity contribution in [1.29, 1.82) is 0 Å². The first-order valence-corrected chi connectivity index (χ1v) is 5.55. The van der Waals surface area contributed by atoms with Crippen molar-refractivity contribution in [2.24, 2.45) is 11.7 Å². The maximum absolute atomic E-state index is 11.5. The van der Waals surface area contributed by atoms with Gasteiger partial charge in [0.25, 0.3) is 0 Å². The lowest BCUT2D eigenvalue weighted by molar-refractivity contribution is -0.147. The lowest BCUT2D eigenvalue weighted by Crippen LogP contribution is -2.36. The standard InChI is InChI=1S/C12H16ClNO2/c1-8(2)11(14)12(15)16-7-9-5-3-4-6-10(9)13/h3-6,8,11H,7,14H2,1-2H3/t11-/m0/s1. The van der Waals surface area contributed by atoms with Crippen LogP contribution in [0, 0.1) is 5.92 Å². The number of nitrogens with two attached hydrogens (primary N) is 1. The third kappa shape index (κ3) is 3.51. The second-order valence-electron chi connectivity index (χ2n) is 3.97. The Kier molecular flexibility index (Phi) is 4.77. The molecule has 0 aromatic heterocycles. The molecule has 1 aromatic rings. The SMILES string of the molecule is CC(C)[C@H](N)C(=O)OCc1ccccc1Cl. The first-order valence-electron chi connectivity index (χ1n) is 5.18. The zero-order chi connectivity index (χ0) is 12.1. The first kappa shape index (κ1) is 13.0. The van der Waals surface area contributed by atoms with Crippen molar-refractivity contribution < 1.29 is 9.53 Å². The molecule has 1 aromatic carbocycles. The summed E-state index contributed by atoms with van der Waals surface area (Å²) >= 11 is 5.93. The van der Waals surface area contributed by atoms with Crippen molar-refractivity contribution in [1.82, 2.24) is 0 Å². The molecule has 0 amide bonds. The van der Waals surface area contributed by atoms with E-state index in [9.17, 15) is 4.79 Å². The molecular weight excluding hydrogens is 226 g/mol. The monoisotopic (exact) mass is 241 g/mol. The van der Waals surface area contributed by atoms with Gasteiger partial charge < -0.3 is 10.5 Å². The zero-order valence-corrected chi connectivity index (χ0v) is 10.2. The summed E-state index contributed by atoms with van der Waals surface area (Å²) in [5.74, 6) is -0.325. The normalized spacial score (nSPS) is 12.6. The fourth-order valence-electron chi connectivity index (χ4n) is 1.13. The largest absolute Gasteiger partial charge is 0.460 e. The van der Waals surface area contributed by atoms with Crippen LogP contribution in [0.5, 0.6) is 0 Å². The Balaban J connectivity index is 2.52. The van der Waals surface area contributed by atoms with E-state index in [4.69, 9.17) is 22.1 Å². The third-order valence-corrected chi connectivity index (χ3v) is 2.69. The van der Waals surface area contributed by atoms with Gasteiger partial charge in [0.1, 0.15) is 12.6 Å². The van der Waals surface area contributed by atoms with Crippen molar-refractivity contribution in [3.8, 4) is 0 Å². The molecule has 0 aliphatic rings. The van der Waals surface area contributed by atoms with Crippen molar-refractivity contribution in [2.75, 3.05) is 0 Å². The number of rotatable bonds is 4. The second-order valence-corrected chi connectivity index (χ2v) is 4.38. The van der Waals surface area contributed by atoms with Crippen LogP contribution in [0.15, 0.2) is 24.3 Å². The molecule has 0 radical (unpaired) electrons. The molecule has 1 atom stereocenters. The van der Waals surface area contributed by atoms with Gasteiger partial charge in [-0.05, 0) is 12.0 Å². The summed E-state index contributed by atoms with van der Waals surface area (Å²) in [6, 6.07) is 6.66. The number of carbonyl (C=O) groups is 1. The van der Waals surface area contributed by atoms with Crippen LogP contribution in [-0.4, -0.2) is 12.0 Å². The molecule has 88 valence electrons. The topological polar surface area (TPSA) is 52.3 Å². The highest BCUT2D eigenvalue weighted by atomic mass is 35.5. The Bertz CT molecular complexity index is 366. The van der Waals surface area contributed by atoms with E-state index >= 15 is 0 Å². The van der Waals surface area contributed by atoms with E-state index in [0.717, 1.165) is 5.56 Å². The summed E-state index contributed by atoms with van der Waals surface area (Å²) in [6.07, 6.45) is 0. The molecule has 1 rings (SSSR count). The summed E-state index contributed by atoms with van der Waals surface area (Å²) in [7, 11) is 0. The zero-order valence-electron chi connectivity index (χ0n) is 9.44. The van der Waals surface area contributed by atoms with Gasteiger partial charge in [-0.25, -0.2) is 0 Å². The average Bonchev–Trinajstić information content (AvgIpc) is 2.26. The average molecular weight is 242 g/mol. The second kappa shape index (κ2) is 5.87. The van der Waals surface area contributed by atoms with Gasteiger partial charge in [0.05, 0.1) is 0 Å². The van der Waals surface area contributed by atoms with Gasteiger partial charge in [-0.2, -0.15) is 0 Å². The van der Waals surface area contributed by atoms with Crippen LogP contribution in [0.2, 0.25) is 5.02 Å². The number of halogens is 1. The molecule has 0 heterocycles. The van der Waals surface area contributed by atoms with Crippen LogP contribution < -0.4 is 5.73 Å². The minimum atomic E-state index is -0.581. The van der Waals surface area contributed by atoms with E-state index < -0.39 is 12.0 Å². The maximum Gasteiger partial charge on any atom is 0.323 e. The van der Waals surface area contributed by atoms with Gasteiger partial charge in [-0.1, -0.05) is 43.6 Å². The Morgan fingerprint density at radius 2 is 2.06 bits per heavy atom. The molecule has 4 heteroatoms. The van der Waals surface area contributed by atoms with E-state index in [2.05, 4.69) is 0 Å². The van der Waals surface area contributed by atoms with Gasteiger partial charge in [0, 0.05) is 10.6 Å². The number of benzene rings is 1. The molecule has 2 N–H and O–H groups in total.